The summed E-state index contributed by atoms with van der Waals surface area (Å²) in [5, 5.41) is 4.60. The molecule has 0 saturated heterocycles. The monoisotopic (exact) mass is 226 g/mol. The lowest BCUT2D eigenvalue weighted by atomic mass is 9.86. The Bertz CT molecular complexity index is 342. The van der Waals surface area contributed by atoms with Crippen molar-refractivity contribution in [3.05, 3.63) is 17.4 Å². The highest BCUT2D eigenvalue weighted by molar-refractivity contribution is 6.30. The Balaban J connectivity index is 1.91. The van der Waals surface area contributed by atoms with Gasteiger partial charge in [0.05, 0.1) is 17.8 Å². The Labute approximate surface area is 94.4 Å². The van der Waals surface area contributed by atoms with E-state index in [0.29, 0.717) is 17.4 Å². The number of aromatic nitrogens is 2. The molecule has 1 heterocycles. The van der Waals surface area contributed by atoms with Crippen LogP contribution in [0.3, 0.4) is 0 Å². The fourth-order valence-corrected chi connectivity index (χ4v) is 2.29. The Morgan fingerprint density at radius 3 is 2.80 bits per heavy atom. The zero-order valence-corrected chi connectivity index (χ0v) is 9.41. The number of ketones is 1. The minimum atomic E-state index is 0.252. The first-order valence-corrected chi connectivity index (χ1v) is 5.84. The molecule has 1 aliphatic carbocycles. The van der Waals surface area contributed by atoms with Gasteiger partial charge in [0.15, 0.2) is 5.78 Å². The van der Waals surface area contributed by atoms with Gasteiger partial charge >= 0.3 is 0 Å². The SMILES string of the molecule is O=C(Cn1cc(Cl)cn1)C1CCCCC1. The lowest BCUT2D eigenvalue weighted by molar-refractivity contribution is -0.124. The highest BCUT2D eigenvalue weighted by Crippen LogP contribution is 2.24. The molecule has 0 radical (unpaired) electrons. The average Bonchev–Trinajstić information content (AvgIpc) is 2.65. The van der Waals surface area contributed by atoms with Gasteiger partial charge in [-0.15, -0.1) is 0 Å². The van der Waals surface area contributed by atoms with Gasteiger partial charge in [-0.3, -0.25) is 9.48 Å². The Hall–Kier alpha value is -0.830. The highest BCUT2D eigenvalue weighted by atomic mass is 35.5. The summed E-state index contributed by atoms with van der Waals surface area (Å²) in [6.07, 6.45) is 9.02. The molecule has 3 nitrogen and oxygen atoms in total. The van der Waals surface area contributed by atoms with E-state index in [1.165, 1.54) is 19.3 Å². The van der Waals surface area contributed by atoms with Gasteiger partial charge in [0.2, 0.25) is 0 Å². The van der Waals surface area contributed by atoms with E-state index in [-0.39, 0.29) is 5.92 Å². The van der Waals surface area contributed by atoms with E-state index in [1.54, 1.807) is 17.1 Å². The van der Waals surface area contributed by atoms with E-state index in [1.807, 2.05) is 0 Å². The normalized spacial score (nSPS) is 17.9. The van der Waals surface area contributed by atoms with Crippen molar-refractivity contribution in [1.82, 2.24) is 9.78 Å². The quantitative estimate of drug-likeness (QED) is 0.794. The first-order valence-electron chi connectivity index (χ1n) is 5.46. The maximum Gasteiger partial charge on any atom is 0.157 e. The second-order valence-corrected chi connectivity index (χ2v) is 4.59. The summed E-state index contributed by atoms with van der Waals surface area (Å²) < 4.78 is 1.62. The zero-order chi connectivity index (χ0) is 10.7. The number of halogens is 1. The van der Waals surface area contributed by atoms with Crippen LogP contribution in [0.5, 0.6) is 0 Å². The van der Waals surface area contributed by atoms with Crippen LogP contribution in [-0.2, 0) is 11.3 Å². The molecule has 15 heavy (non-hydrogen) atoms. The van der Waals surface area contributed by atoms with Crippen LogP contribution in [0.15, 0.2) is 12.4 Å². The fourth-order valence-electron chi connectivity index (χ4n) is 2.14. The van der Waals surface area contributed by atoms with Gasteiger partial charge in [-0.2, -0.15) is 5.10 Å². The van der Waals surface area contributed by atoms with Gasteiger partial charge in [0.25, 0.3) is 0 Å². The van der Waals surface area contributed by atoms with E-state index in [2.05, 4.69) is 5.10 Å². The lowest BCUT2D eigenvalue weighted by Gasteiger charge is -2.19. The van der Waals surface area contributed by atoms with Crippen molar-refractivity contribution >= 4 is 17.4 Å². The van der Waals surface area contributed by atoms with E-state index < -0.39 is 0 Å². The molecule has 1 aliphatic rings. The maximum atomic E-state index is 11.9. The molecule has 0 aliphatic heterocycles. The number of Topliss-reactive ketones (excluding diaryl/α,β-unsaturated/α-hetero) is 1. The molecule has 0 unspecified atom stereocenters. The lowest BCUT2D eigenvalue weighted by Crippen LogP contribution is -2.22. The van der Waals surface area contributed by atoms with Crippen LogP contribution < -0.4 is 0 Å². The predicted molar refractivity (Wildman–Crippen MR) is 58.8 cm³/mol. The van der Waals surface area contributed by atoms with Crippen LogP contribution in [-0.4, -0.2) is 15.6 Å². The largest absolute Gasteiger partial charge is 0.297 e. The van der Waals surface area contributed by atoms with Crippen molar-refractivity contribution in [1.29, 1.82) is 0 Å². The second-order valence-electron chi connectivity index (χ2n) is 4.16. The average molecular weight is 227 g/mol. The number of carbonyl (C=O) groups excluding carboxylic acids is 1. The molecule has 0 amide bonds. The van der Waals surface area contributed by atoms with E-state index in [9.17, 15) is 4.79 Å². The molecule has 1 saturated carbocycles. The first-order chi connectivity index (χ1) is 7.25. The molecule has 0 atom stereocenters. The predicted octanol–water partition coefficient (Wildman–Crippen LogP) is 2.69. The third kappa shape index (κ3) is 2.81. The second kappa shape index (κ2) is 4.79. The molecule has 82 valence electrons. The fraction of sp³-hybridized carbons (Fsp3) is 0.636. The van der Waals surface area contributed by atoms with Gasteiger partial charge in [-0.25, -0.2) is 0 Å². The smallest absolute Gasteiger partial charge is 0.157 e. The molecule has 1 aromatic rings. The van der Waals surface area contributed by atoms with Gasteiger partial charge in [-0.1, -0.05) is 30.9 Å². The summed E-state index contributed by atoms with van der Waals surface area (Å²) in [6.45, 7) is 0.372. The zero-order valence-electron chi connectivity index (χ0n) is 8.66. The summed E-state index contributed by atoms with van der Waals surface area (Å²) in [7, 11) is 0. The molecule has 0 N–H and O–H groups in total. The molecule has 1 aromatic heterocycles. The molecule has 0 bridgehead atoms. The van der Waals surface area contributed by atoms with Gasteiger partial charge in [0.1, 0.15) is 0 Å². The highest BCUT2D eigenvalue weighted by Gasteiger charge is 2.21. The molecule has 0 aromatic carbocycles. The van der Waals surface area contributed by atoms with Crippen molar-refractivity contribution < 1.29 is 4.79 Å². The first kappa shape index (κ1) is 10.7. The summed E-state index contributed by atoms with van der Waals surface area (Å²) in [5.74, 6) is 0.552. The molecule has 2 rings (SSSR count). The Morgan fingerprint density at radius 1 is 1.47 bits per heavy atom. The van der Waals surface area contributed by atoms with Gasteiger partial charge in [-0.05, 0) is 12.8 Å². The number of hydrogen-bond acceptors (Lipinski definition) is 2. The summed E-state index contributed by atoms with van der Waals surface area (Å²) in [5.41, 5.74) is 0. The van der Waals surface area contributed by atoms with Crippen LogP contribution in [0, 0.1) is 5.92 Å². The standard InChI is InChI=1S/C11H15ClN2O/c12-10-6-13-14(7-10)8-11(15)9-4-2-1-3-5-9/h6-7,9H,1-5,8H2. The number of nitrogens with zero attached hydrogens (tertiary/aromatic N) is 2. The molecule has 0 spiro atoms. The minimum Gasteiger partial charge on any atom is -0.297 e. The summed E-state index contributed by atoms with van der Waals surface area (Å²) in [4.78, 5) is 11.9. The van der Waals surface area contributed by atoms with E-state index in [4.69, 9.17) is 11.6 Å². The topological polar surface area (TPSA) is 34.9 Å². The number of hydrogen-bond donors (Lipinski definition) is 0. The van der Waals surface area contributed by atoms with Crippen molar-refractivity contribution in [2.45, 2.75) is 38.6 Å². The van der Waals surface area contributed by atoms with Crippen LogP contribution in [0.4, 0.5) is 0 Å². The minimum absolute atomic E-state index is 0.252. The van der Waals surface area contributed by atoms with Crippen LogP contribution in [0.25, 0.3) is 0 Å². The third-order valence-electron chi connectivity index (χ3n) is 2.98. The molecular formula is C11H15ClN2O. The maximum absolute atomic E-state index is 11.9. The van der Waals surface area contributed by atoms with Crippen molar-refractivity contribution in [2.75, 3.05) is 0 Å². The molecule has 1 fully saturated rings. The number of rotatable bonds is 3. The Kier molecular flexibility index (Phi) is 3.41. The van der Waals surface area contributed by atoms with Gasteiger partial charge < -0.3 is 0 Å². The van der Waals surface area contributed by atoms with Crippen LogP contribution in [0.2, 0.25) is 5.02 Å². The van der Waals surface area contributed by atoms with Crippen molar-refractivity contribution in [3.63, 3.8) is 0 Å². The van der Waals surface area contributed by atoms with Crippen LogP contribution in [0.1, 0.15) is 32.1 Å². The van der Waals surface area contributed by atoms with Crippen LogP contribution >= 0.6 is 11.6 Å². The van der Waals surface area contributed by atoms with E-state index >= 15 is 0 Å². The summed E-state index contributed by atoms with van der Waals surface area (Å²) in [6, 6.07) is 0. The summed E-state index contributed by atoms with van der Waals surface area (Å²) >= 11 is 5.74. The van der Waals surface area contributed by atoms with Crippen molar-refractivity contribution in [3.8, 4) is 0 Å². The van der Waals surface area contributed by atoms with E-state index in [0.717, 1.165) is 12.8 Å². The van der Waals surface area contributed by atoms with Crippen molar-refractivity contribution in [2.24, 2.45) is 5.92 Å². The van der Waals surface area contributed by atoms with Gasteiger partial charge in [0, 0.05) is 12.1 Å². The molecule has 4 heteroatoms. The number of carbonyl (C=O) groups is 1. The third-order valence-corrected chi connectivity index (χ3v) is 3.18. The Morgan fingerprint density at radius 2 is 2.20 bits per heavy atom. The molecular weight excluding hydrogens is 212 g/mol.